The standard InChI is InChI=1S/C16H22N2O5/c1-2-10-11(13(19)17-8-9-22-15(17)21)16-6-4-3-5-7-18(16)14(20)12(10)23-16/h10-12H,2-9H2,1H3/t10-,11+,12+,16-/m0/s1. The number of hydrogen-bond acceptors (Lipinski definition) is 5. The molecule has 4 saturated heterocycles. The largest absolute Gasteiger partial charge is 0.447 e. The molecule has 4 fully saturated rings. The van der Waals surface area contributed by atoms with Crippen molar-refractivity contribution in [1.82, 2.24) is 9.80 Å². The molecule has 0 unspecified atom stereocenters. The molecular weight excluding hydrogens is 300 g/mol. The third-order valence-electron chi connectivity index (χ3n) is 5.78. The first-order chi connectivity index (χ1) is 11.1. The lowest BCUT2D eigenvalue weighted by atomic mass is 9.75. The van der Waals surface area contributed by atoms with Crippen molar-refractivity contribution in [2.45, 2.75) is 50.9 Å². The number of fused-ring (bicyclic) bond motifs is 1. The van der Waals surface area contributed by atoms with Gasteiger partial charge in [-0.2, -0.15) is 0 Å². The van der Waals surface area contributed by atoms with Crippen molar-refractivity contribution >= 4 is 17.9 Å². The minimum Gasteiger partial charge on any atom is -0.447 e. The maximum absolute atomic E-state index is 13.1. The summed E-state index contributed by atoms with van der Waals surface area (Å²) < 4.78 is 11.1. The van der Waals surface area contributed by atoms with E-state index in [9.17, 15) is 14.4 Å². The molecule has 7 nitrogen and oxygen atoms in total. The first-order valence-corrected chi connectivity index (χ1v) is 8.57. The Hall–Kier alpha value is -1.63. The molecule has 4 aliphatic rings. The number of amides is 3. The third kappa shape index (κ3) is 1.89. The van der Waals surface area contributed by atoms with Crippen LogP contribution in [0.2, 0.25) is 0 Å². The van der Waals surface area contributed by atoms with Crippen LogP contribution in [-0.2, 0) is 19.1 Å². The van der Waals surface area contributed by atoms with E-state index in [1.807, 2.05) is 6.92 Å². The SMILES string of the molecule is CC[C@@H]1[C@H]2O[C@@]3(CCCCCN3C2=O)[C@H]1C(=O)N1CCOC1=O. The van der Waals surface area contributed by atoms with Crippen LogP contribution in [0.25, 0.3) is 0 Å². The minimum absolute atomic E-state index is 0.0202. The summed E-state index contributed by atoms with van der Waals surface area (Å²) in [5, 5.41) is 0. The third-order valence-corrected chi connectivity index (χ3v) is 5.78. The molecule has 4 rings (SSSR count). The lowest BCUT2D eigenvalue weighted by Crippen LogP contribution is -2.60. The highest BCUT2D eigenvalue weighted by Crippen LogP contribution is 2.54. The molecule has 4 heterocycles. The monoisotopic (exact) mass is 322 g/mol. The highest BCUT2D eigenvalue weighted by Gasteiger charge is 2.69. The van der Waals surface area contributed by atoms with Crippen LogP contribution in [0.4, 0.5) is 4.79 Å². The number of nitrogens with zero attached hydrogens (tertiary/aromatic N) is 2. The molecule has 3 amide bonds. The van der Waals surface area contributed by atoms with Crippen molar-refractivity contribution < 1.29 is 23.9 Å². The molecule has 0 aromatic heterocycles. The normalized spacial score (nSPS) is 39.4. The number of hydrogen-bond donors (Lipinski definition) is 0. The number of carbonyl (C=O) groups is 3. The molecule has 4 atom stereocenters. The van der Waals surface area contributed by atoms with Gasteiger partial charge in [-0.05, 0) is 25.7 Å². The van der Waals surface area contributed by atoms with Crippen molar-refractivity contribution in [3.05, 3.63) is 0 Å². The molecule has 0 N–H and O–H groups in total. The van der Waals surface area contributed by atoms with Gasteiger partial charge in [-0.25, -0.2) is 9.69 Å². The average Bonchev–Trinajstić information content (AvgIpc) is 3.12. The molecule has 4 aliphatic heterocycles. The number of imide groups is 1. The Morgan fingerprint density at radius 2 is 2.09 bits per heavy atom. The van der Waals surface area contributed by atoms with Gasteiger partial charge in [0, 0.05) is 12.5 Å². The minimum atomic E-state index is -0.848. The Labute approximate surface area is 134 Å². The van der Waals surface area contributed by atoms with Crippen LogP contribution in [-0.4, -0.2) is 59.2 Å². The van der Waals surface area contributed by atoms with E-state index in [2.05, 4.69) is 0 Å². The van der Waals surface area contributed by atoms with Crippen LogP contribution >= 0.6 is 0 Å². The summed E-state index contributed by atoms with van der Waals surface area (Å²) in [6.07, 6.45) is 3.15. The van der Waals surface area contributed by atoms with Crippen molar-refractivity contribution in [2.24, 2.45) is 11.8 Å². The second-order valence-corrected chi connectivity index (χ2v) is 6.84. The van der Waals surface area contributed by atoms with E-state index in [-0.39, 0.29) is 24.3 Å². The van der Waals surface area contributed by atoms with Gasteiger partial charge >= 0.3 is 6.09 Å². The van der Waals surface area contributed by atoms with E-state index in [1.54, 1.807) is 4.90 Å². The Bertz CT molecular complexity index is 565. The van der Waals surface area contributed by atoms with Gasteiger partial charge in [-0.1, -0.05) is 13.3 Å². The van der Waals surface area contributed by atoms with Gasteiger partial charge in [0.2, 0.25) is 5.91 Å². The maximum Gasteiger partial charge on any atom is 0.416 e. The molecule has 2 bridgehead atoms. The highest BCUT2D eigenvalue weighted by molar-refractivity contribution is 5.97. The lowest BCUT2D eigenvalue weighted by molar-refractivity contribution is -0.157. The summed E-state index contributed by atoms with van der Waals surface area (Å²) >= 11 is 0. The van der Waals surface area contributed by atoms with Gasteiger partial charge in [0.25, 0.3) is 5.91 Å². The molecule has 0 radical (unpaired) electrons. The van der Waals surface area contributed by atoms with Crippen LogP contribution in [0, 0.1) is 11.8 Å². The summed E-state index contributed by atoms with van der Waals surface area (Å²) in [6, 6.07) is 0. The molecule has 0 saturated carbocycles. The van der Waals surface area contributed by atoms with Crippen molar-refractivity contribution in [3.8, 4) is 0 Å². The summed E-state index contributed by atoms with van der Waals surface area (Å²) in [5.41, 5.74) is -0.848. The number of carbonyl (C=O) groups excluding carboxylic acids is 3. The van der Waals surface area contributed by atoms with Gasteiger partial charge in [0.05, 0.1) is 12.5 Å². The second-order valence-electron chi connectivity index (χ2n) is 6.84. The zero-order valence-electron chi connectivity index (χ0n) is 13.3. The first kappa shape index (κ1) is 14.9. The first-order valence-electron chi connectivity index (χ1n) is 8.57. The average molecular weight is 322 g/mol. The predicted octanol–water partition coefficient (Wildman–Crippen LogP) is 1.12. The van der Waals surface area contributed by atoms with Crippen LogP contribution in [0.3, 0.4) is 0 Å². The summed E-state index contributed by atoms with van der Waals surface area (Å²) in [6.45, 7) is 3.15. The Kier molecular flexibility index (Phi) is 3.37. The molecule has 7 heteroatoms. The molecule has 1 spiro atoms. The van der Waals surface area contributed by atoms with Crippen LogP contribution in [0.15, 0.2) is 0 Å². The lowest BCUT2D eigenvalue weighted by Gasteiger charge is -2.42. The van der Waals surface area contributed by atoms with E-state index in [1.165, 1.54) is 4.90 Å². The zero-order chi connectivity index (χ0) is 16.2. The molecule has 0 aromatic rings. The molecular formula is C16H22N2O5. The van der Waals surface area contributed by atoms with Gasteiger partial charge in [-0.15, -0.1) is 0 Å². The van der Waals surface area contributed by atoms with E-state index in [4.69, 9.17) is 9.47 Å². The van der Waals surface area contributed by atoms with E-state index in [0.29, 0.717) is 25.9 Å². The van der Waals surface area contributed by atoms with Crippen LogP contribution in [0.1, 0.15) is 39.0 Å². The fraction of sp³-hybridized carbons (Fsp3) is 0.812. The molecule has 23 heavy (non-hydrogen) atoms. The van der Waals surface area contributed by atoms with E-state index < -0.39 is 23.8 Å². The van der Waals surface area contributed by atoms with E-state index >= 15 is 0 Å². The van der Waals surface area contributed by atoms with Gasteiger partial charge in [0.15, 0.2) is 5.72 Å². The number of ether oxygens (including phenoxy) is 2. The molecule has 0 aromatic carbocycles. The van der Waals surface area contributed by atoms with Crippen molar-refractivity contribution in [1.29, 1.82) is 0 Å². The Balaban J connectivity index is 1.72. The maximum atomic E-state index is 13.1. The van der Waals surface area contributed by atoms with Crippen molar-refractivity contribution in [2.75, 3.05) is 19.7 Å². The van der Waals surface area contributed by atoms with E-state index in [0.717, 1.165) is 19.3 Å². The number of piperidine rings is 1. The summed E-state index contributed by atoms with van der Waals surface area (Å²) in [7, 11) is 0. The molecule has 126 valence electrons. The van der Waals surface area contributed by atoms with Gasteiger partial charge < -0.3 is 14.4 Å². The highest BCUT2D eigenvalue weighted by atomic mass is 16.6. The Morgan fingerprint density at radius 3 is 2.78 bits per heavy atom. The van der Waals surface area contributed by atoms with Crippen LogP contribution < -0.4 is 0 Å². The topological polar surface area (TPSA) is 76.2 Å². The zero-order valence-corrected chi connectivity index (χ0v) is 13.3. The molecule has 0 aliphatic carbocycles. The number of rotatable bonds is 2. The fourth-order valence-electron chi connectivity index (χ4n) is 4.76. The van der Waals surface area contributed by atoms with Gasteiger partial charge in [-0.3, -0.25) is 9.59 Å². The Morgan fingerprint density at radius 1 is 1.26 bits per heavy atom. The number of cyclic esters (lactones) is 1. The van der Waals surface area contributed by atoms with Crippen LogP contribution in [0.5, 0.6) is 0 Å². The summed E-state index contributed by atoms with van der Waals surface area (Å²) in [4.78, 5) is 40.5. The fourth-order valence-corrected chi connectivity index (χ4v) is 4.76. The smallest absolute Gasteiger partial charge is 0.416 e. The quantitative estimate of drug-likeness (QED) is 0.761. The summed E-state index contributed by atoms with van der Waals surface area (Å²) in [5.74, 6) is -0.829. The van der Waals surface area contributed by atoms with Gasteiger partial charge in [0.1, 0.15) is 12.7 Å². The predicted molar refractivity (Wildman–Crippen MR) is 78.1 cm³/mol. The van der Waals surface area contributed by atoms with Crippen molar-refractivity contribution in [3.63, 3.8) is 0 Å². The second kappa shape index (κ2) is 5.19.